The van der Waals surface area contributed by atoms with Gasteiger partial charge < -0.3 is 15.2 Å². The standard InChI is InChI=1S/C15H27N5O2.ClH/c1-4-6-15(3,16)14(21)20-9-7-19(8-10-20)11-12-17-13(5-2)22-18-12;/h4-11,16H2,1-3H3;1H. The predicted octanol–water partition coefficient (Wildman–Crippen LogP) is 1.22. The van der Waals surface area contributed by atoms with Gasteiger partial charge in [-0.1, -0.05) is 25.4 Å². The molecule has 1 amide bonds. The van der Waals surface area contributed by atoms with Crippen molar-refractivity contribution < 1.29 is 9.32 Å². The molecule has 1 aromatic rings. The van der Waals surface area contributed by atoms with E-state index in [4.69, 9.17) is 10.3 Å². The van der Waals surface area contributed by atoms with Crippen LogP contribution in [0.2, 0.25) is 0 Å². The Labute approximate surface area is 144 Å². The van der Waals surface area contributed by atoms with Gasteiger partial charge in [-0.05, 0) is 13.3 Å². The number of nitrogens with zero attached hydrogens (tertiary/aromatic N) is 4. The number of rotatable bonds is 6. The number of hydrogen-bond donors (Lipinski definition) is 1. The van der Waals surface area contributed by atoms with E-state index in [0.29, 0.717) is 37.8 Å². The molecule has 1 aliphatic rings. The van der Waals surface area contributed by atoms with Crippen molar-refractivity contribution in [1.29, 1.82) is 0 Å². The van der Waals surface area contributed by atoms with Crippen molar-refractivity contribution in [2.24, 2.45) is 5.73 Å². The lowest BCUT2D eigenvalue weighted by molar-refractivity contribution is -0.138. The molecule has 0 spiro atoms. The van der Waals surface area contributed by atoms with E-state index in [9.17, 15) is 4.79 Å². The van der Waals surface area contributed by atoms with Gasteiger partial charge in [0.1, 0.15) is 0 Å². The van der Waals surface area contributed by atoms with Gasteiger partial charge in [0.25, 0.3) is 0 Å². The first-order valence-electron chi connectivity index (χ1n) is 8.08. The molecule has 1 aromatic heterocycles. The Morgan fingerprint density at radius 1 is 1.30 bits per heavy atom. The number of carbonyl (C=O) groups excluding carboxylic acids is 1. The van der Waals surface area contributed by atoms with Crippen LogP contribution in [0.25, 0.3) is 0 Å². The molecule has 2 N–H and O–H groups in total. The molecule has 8 heteroatoms. The van der Waals surface area contributed by atoms with Crippen molar-refractivity contribution in [3.8, 4) is 0 Å². The van der Waals surface area contributed by atoms with Crippen LogP contribution in [0.3, 0.4) is 0 Å². The van der Waals surface area contributed by atoms with Gasteiger partial charge in [-0.2, -0.15) is 4.98 Å². The van der Waals surface area contributed by atoms with E-state index in [-0.39, 0.29) is 18.3 Å². The maximum absolute atomic E-state index is 12.5. The Balaban J connectivity index is 0.00000264. The van der Waals surface area contributed by atoms with Crippen molar-refractivity contribution in [1.82, 2.24) is 19.9 Å². The number of amides is 1. The van der Waals surface area contributed by atoms with Crippen molar-refractivity contribution in [3.63, 3.8) is 0 Å². The minimum absolute atomic E-state index is 0. The minimum Gasteiger partial charge on any atom is -0.339 e. The molecule has 132 valence electrons. The van der Waals surface area contributed by atoms with Gasteiger partial charge in [-0.15, -0.1) is 12.4 Å². The molecule has 0 aliphatic carbocycles. The SMILES string of the molecule is CCCC(C)(N)C(=O)N1CCN(Cc2noc(CC)n2)CC1.Cl. The van der Waals surface area contributed by atoms with Crippen LogP contribution >= 0.6 is 12.4 Å². The zero-order valence-electron chi connectivity index (χ0n) is 14.2. The van der Waals surface area contributed by atoms with Crippen LogP contribution in [-0.2, 0) is 17.8 Å². The molecule has 0 radical (unpaired) electrons. The largest absolute Gasteiger partial charge is 0.339 e. The highest BCUT2D eigenvalue weighted by molar-refractivity contribution is 5.86. The lowest BCUT2D eigenvalue weighted by Crippen LogP contribution is -2.58. The van der Waals surface area contributed by atoms with E-state index < -0.39 is 5.54 Å². The number of aromatic nitrogens is 2. The summed E-state index contributed by atoms with van der Waals surface area (Å²) in [7, 11) is 0. The highest BCUT2D eigenvalue weighted by Crippen LogP contribution is 2.15. The molecule has 0 bridgehead atoms. The van der Waals surface area contributed by atoms with Gasteiger partial charge in [0.2, 0.25) is 11.8 Å². The van der Waals surface area contributed by atoms with Crippen molar-refractivity contribution in [2.75, 3.05) is 26.2 Å². The van der Waals surface area contributed by atoms with E-state index in [2.05, 4.69) is 15.0 Å². The third-order valence-electron chi connectivity index (χ3n) is 4.10. The summed E-state index contributed by atoms with van der Waals surface area (Å²) < 4.78 is 5.12. The third-order valence-corrected chi connectivity index (χ3v) is 4.10. The number of piperazine rings is 1. The Bertz CT molecular complexity index is 498. The number of hydrogen-bond acceptors (Lipinski definition) is 6. The van der Waals surface area contributed by atoms with Gasteiger partial charge in [-0.3, -0.25) is 9.69 Å². The zero-order chi connectivity index (χ0) is 16.2. The van der Waals surface area contributed by atoms with Crippen LogP contribution in [0.4, 0.5) is 0 Å². The summed E-state index contributed by atoms with van der Waals surface area (Å²) in [5.41, 5.74) is 5.39. The predicted molar refractivity (Wildman–Crippen MR) is 90.3 cm³/mol. The van der Waals surface area contributed by atoms with Gasteiger partial charge in [0.05, 0.1) is 12.1 Å². The average Bonchev–Trinajstić information content (AvgIpc) is 2.95. The molecule has 1 atom stereocenters. The smallest absolute Gasteiger partial charge is 0.242 e. The van der Waals surface area contributed by atoms with Crippen LogP contribution in [0, 0.1) is 0 Å². The number of carbonyl (C=O) groups is 1. The van der Waals surface area contributed by atoms with Crippen LogP contribution in [0.15, 0.2) is 4.52 Å². The first-order valence-corrected chi connectivity index (χ1v) is 8.08. The fraction of sp³-hybridized carbons (Fsp3) is 0.800. The summed E-state index contributed by atoms with van der Waals surface area (Å²) in [6.45, 7) is 9.56. The second-order valence-electron chi connectivity index (χ2n) is 6.19. The van der Waals surface area contributed by atoms with Crippen LogP contribution < -0.4 is 5.73 Å². The third kappa shape index (κ3) is 5.16. The van der Waals surface area contributed by atoms with E-state index in [0.717, 1.165) is 25.9 Å². The lowest BCUT2D eigenvalue weighted by Gasteiger charge is -2.38. The van der Waals surface area contributed by atoms with Crippen molar-refractivity contribution >= 4 is 18.3 Å². The molecule has 2 rings (SSSR count). The topological polar surface area (TPSA) is 88.5 Å². The molecule has 23 heavy (non-hydrogen) atoms. The summed E-state index contributed by atoms with van der Waals surface area (Å²) >= 11 is 0. The highest BCUT2D eigenvalue weighted by atomic mass is 35.5. The summed E-state index contributed by atoms with van der Waals surface area (Å²) in [6.07, 6.45) is 2.38. The molecule has 2 heterocycles. The summed E-state index contributed by atoms with van der Waals surface area (Å²) in [4.78, 5) is 20.9. The van der Waals surface area contributed by atoms with Gasteiger partial charge in [0.15, 0.2) is 5.82 Å². The quantitative estimate of drug-likeness (QED) is 0.833. The summed E-state index contributed by atoms with van der Waals surface area (Å²) in [6, 6.07) is 0. The summed E-state index contributed by atoms with van der Waals surface area (Å²) in [5.74, 6) is 1.44. The highest BCUT2D eigenvalue weighted by Gasteiger charge is 2.33. The number of aryl methyl sites for hydroxylation is 1. The number of halogens is 1. The van der Waals surface area contributed by atoms with Gasteiger partial charge in [-0.25, -0.2) is 0 Å². The first-order chi connectivity index (χ1) is 10.5. The number of nitrogens with two attached hydrogens (primary N) is 1. The average molecular weight is 346 g/mol. The van der Waals surface area contributed by atoms with Crippen LogP contribution in [0.5, 0.6) is 0 Å². The Hall–Kier alpha value is -1.18. The molecular formula is C15H28ClN5O2. The van der Waals surface area contributed by atoms with Crippen molar-refractivity contribution in [3.05, 3.63) is 11.7 Å². The molecule has 1 aliphatic heterocycles. The Morgan fingerprint density at radius 2 is 1.96 bits per heavy atom. The molecule has 1 saturated heterocycles. The minimum atomic E-state index is -0.749. The fourth-order valence-electron chi connectivity index (χ4n) is 2.79. The molecule has 7 nitrogen and oxygen atoms in total. The first kappa shape index (κ1) is 19.9. The Morgan fingerprint density at radius 3 is 2.48 bits per heavy atom. The van der Waals surface area contributed by atoms with Crippen LogP contribution in [0.1, 0.15) is 45.3 Å². The molecule has 1 unspecified atom stereocenters. The molecule has 1 fully saturated rings. The zero-order valence-corrected chi connectivity index (χ0v) is 15.1. The summed E-state index contributed by atoms with van der Waals surface area (Å²) in [5, 5.41) is 3.97. The molecule has 0 saturated carbocycles. The van der Waals surface area contributed by atoms with E-state index in [1.807, 2.05) is 25.7 Å². The second kappa shape index (κ2) is 8.61. The van der Waals surface area contributed by atoms with E-state index >= 15 is 0 Å². The van der Waals surface area contributed by atoms with E-state index in [1.54, 1.807) is 0 Å². The van der Waals surface area contributed by atoms with Gasteiger partial charge in [0, 0.05) is 32.6 Å². The maximum atomic E-state index is 12.5. The van der Waals surface area contributed by atoms with Crippen molar-refractivity contribution in [2.45, 2.75) is 52.1 Å². The monoisotopic (exact) mass is 345 g/mol. The second-order valence-corrected chi connectivity index (χ2v) is 6.19. The van der Waals surface area contributed by atoms with Crippen LogP contribution in [-0.4, -0.2) is 57.6 Å². The Kier molecular flexibility index (Phi) is 7.44. The molecular weight excluding hydrogens is 318 g/mol. The normalized spacial score (nSPS) is 18.3. The lowest BCUT2D eigenvalue weighted by atomic mass is 9.95. The van der Waals surface area contributed by atoms with E-state index in [1.165, 1.54) is 0 Å². The van der Waals surface area contributed by atoms with Gasteiger partial charge >= 0.3 is 0 Å². The molecule has 0 aromatic carbocycles. The fourth-order valence-corrected chi connectivity index (χ4v) is 2.79. The maximum Gasteiger partial charge on any atom is 0.242 e.